The molecule has 0 aromatic carbocycles. The molecule has 0 aliphatic heterocycles. The maximum atomic E-state index is 12.5. The van der Waals surface area contributed by atoms with E-state index in [0.29, 0.717) is 18.7 Å². The van der Waals surface area contributed by atoms with Gasteiger partial charge >= 0.3 is 5.97 Å². The molecule has 0 N–H and O–H groups in total. The summed E-state index contributed by atoms with van der Waals surface area (Å²) in [5, 5.41) is 0. The number of hydrogen-bond donors (Lipinski definition) is 0. The fourth-order valence-corrected chi connectivity index (χ4v) is 2.11. The number of hydrogen-bond acceptors (Lipinski definition) is 4. The first-order valence-electron chi connectivity index (χ1n) is 7.37. The minimum Gasteiger partial charge on any atom is -0.469 e. The average molecular weight is 292 g/mol. The van der Waals surface area contributed by atoms with Crippen LogP contribution >= 0.6 is 0 Å². The molecule has 1 atom stereocenters. The van der Waals surface area contributed by atoms with Gasteiger partial charge in [-0.1, -0.05) is 26.7 Å². The lowest BCUT2D eigenvalue weighted by atomic mass is 10.1. The summed E-state index contributed by atoms with van der Waals surface area (Å²) in [6, 6.07) is 3.48. The largest absolute Gasteiger partial charge is 0.469 e. The Morgan fingerprint density at radius 3 is 2.71 bits per heavy atom. The van der Waals surface area contributed by atoms with Crippen LogP contribution in [0.1, 0.15) is 43.5 Å². The van der Waals surface area contributed by atoms with Crippen molar-refractivity contribution in [1.82, 2.24) is 9.88 Å². The second-order valence-electron chi connectivity index (χ2n) is 5.12. The molecule has 0 saturated carbocycles. The van der Waals surface area contributed by atoms with Gasteiger partial charge in [-0.25, -0.2) is 0 Å². The Balaban J connectivity index is 2.76. The monoisotopic (exact) mass is 292 g/mol. The number of rotatable bonds is 8. The Labute approximate surface area is 126 Å². The summed E-state index contributed by atoms with van der Waals surface area (Å²) in [5.74, 6) is -0.721. The smallest absolute Gasteiger partial charge is 0.310 e. The second-order valence-corrected chi connectivity index (χ2v) is 5.12. The van der Waals surface area contributed by atoms with E-state index in [1.165, 1.54) is 7.11 Å². The average Bonchev–Trinajstić information content (AvgIpc) is 2.53. The molecule has 1 amide bonds. The van der Waals surface area contributed by atoms with E-state index in [9.17, 15) is 9.59 Å². The van der Waals surface area contributed by atoms with E-state index in [1.54, 1.807) is 36.4 Å². The number of carbonyl (C=O) groups excluding carboxylic acids is 2. The van der Waals surface area contributed by atoms with E-state index in [0.717, 1.165) is 19.3 Å². The normalized spacial score (nSPS) is 11.8. The van der Waals surface area contributed by atoms with Crippen LogP contribution in [0.5, 0.6) is 0 Å². The Hall–Kier alpha value is -1.91. The van der Waals surface area contributed by atoms with E-state index in [-0.39, 0.29) is 17.8 Å². The first-order valence-corrected chi connectivity index (χ1v) is 7.37. The first-order chi connectivity index (χ1) is 10.1. The molecule has 1 aromatic rings. The highest BCUT2D eigenvalue weighted by Crippen LogP contribution is 2.10. The van der Waals surface area contributed by atoms with Crippen LogP contribution in [0.25, 0.3) is 0 Å². The molecule has 5 heteroatoms. The van der Waals surface area contributed by atoms with Gasteiger partial charge in [-0.05, 0) is 18.6 Å². The number of methoxy groups -OCH3 is 1. The standard InChI is InChI=1S/C16H24N2O3/c1-4-5-6-10-18(12-13(2)16(20)21-3)15(19)14-8-7-9-17-11-14/h7-9,11,13H,4-6,10,12H2,1-3H3. The molecule has 0 aliphatic rings. The van der Waals surface area contributed by atoms with Crippen molar-refractivity contribution < 1.29 is 14.3 Å². The van der Waals surface area contributed by atoms with E-state index in [2.05, 4.69) is 11.9 Å². The molecule has 1 rings (SSSR count). The molecular weight excluding hydrogens is 268 g/mol. The minimum absolute atomic E-state index is 0.0880. The quantitative estimate of drug-likeness (QED) is 0.545. The van der Waals surface area contributed by atoms with Crippen LogP contribution in [0.3, 0.4) is 0 Å². The zero-order chi connectivity index (χ0) is 15.7. The van der Waals surface area contributed by atoms with Crippen LogP contribution in [-0.4, -0.2) is 42.0 Å². The van der Waals surface area contributed by atoms with Crippen molar-refractivity contribution in [2.75, 3.05) is 20.2 Å². The predicted octanol–water partition coefficient (Wildman–Crippen LogP) is 2.52. The maximum absolute atomic E-state index is 12.5. The summed E-state index contributed by atoms with van der Waals surface area (Å²) < 4.78 is 4.73. The second kappa shape index (κ2) is 9.10. The fraction of sp³-hybridized carbons (Fsp3) is 0.562. The van der Waals surface area contributed by atoms with Gasteiger partial charge in [-0.2, -0.15) is 0 Å². The van der Waals surface area contributed by atoms with Gasteiger partial charge in [0.25, 0.3) is 5.91 Å². The zero-order valence-electron chi connectivity index (χ0n) is 13.0. The molecule has 116 valence electrons. The van der Waals surface area contributed by atoms with Gasteiger partial charge < -0.3 is 9.64 Å². The molecular formula is C16H24N2O3. The van der Waals surface area contributed by atoms with E-state index < -0.39 is 0 Å². The first kappa shape index (κ1) is 17.1. The van der Waals surface area contributed by atoms with Crippen LogP contribution in [-0.2, 0) is 9.53 Å². The number of aromatic nitrogens is 1. The van der Waals surface area contributed by atoms with Crippen molar-refractivity contribution in [3.8, 4) is 0 Å². The number of ether oxygens (including phenoxy) is 1. The predicted molar refractivity (Wildman–Crippen MR) is 80.8 cm³/mol. The molecule has 0 radical (unpaired) electrons. The van der Waals surface area contributed by atoms with Crippen molar-refractivity contribution in [2.24, 2.45) is 5.92 Å². The van der Waals surface area contributed by atoms with Crippen molar-refractivity contribution >= 4 is 11.9 Å². The molecule has 1 aromatic heterocycles. The number of amides is 1. The third-order valence-electron chi connectivity index (χ3n) is 3.33. The van der Waals surface area contributed by atoms with Crippen LogP contribution in [0, 0.1) is 5.92 Å². The highest BCUT2D eigenvalue weighted by Gasteiger charge is 2.22. The van der Waals surface area contributed by atoms with Gasteiger partial charge in [0.15, 0.2) is 0 Å². The van der Waals surface area contributed by atoms with E-state index >= 15 is 0 Å². The number of pyridine rings is 1. The van der Waals surface area contributed by atoms with Crippen LogP contribution < -0.4 is 0 Å². The van der Waals surface area contributed by atoms with Crippen molar-refractivity contribution in [3.63, 3.8) is 0 Å². The van der Waals surface area contributed by atoms with Crippen LogP contribution in [0.4, 0.5) is 0 Å². The summed E-state index contributed by atoms with van der Waals surface area (Å²) in [4.78, 5) is 29.8. The number of esters is 1. The zero-order valence-corrected chi connectivity index (χ0v) is 13.0. The maximum Gasteiger partial charge on any atom is 0.310 e. The van der Waals surface area contributed by atoms with Gasteiger partial charge in [0.05, 0.1) is 18.6 Å². The topological polar surface area (TPSA) is 59.5 Å². The van der Waals surface area contributed by atoms with Gasteiger partial charge in [0, 0.05) is 25.5 Å². The van der Waals surface area contributed by atoms with Crippen LogP contribution in [0.15, 0.2) is 24.5 Å². The summed E-state index contributed by atoms with van der Waals surface area (Å²) in [6.45, 7) is 4.90. The van der Waals surface area contributed by atoms with E-state index in [4.69, 9.17) is 4.74 Å². The summed E-state index contributed by atoms with van der Waals surface area (Å²) >= 11 is 0. The Morgan fingerprint density at radius 1 is 1.38 bits per heavy atom. The molecule has 5 nitrogen and oxygen atoms in total. The molecule has 1 unspecified atom stereocenters. The molecule has 0 spiro atoms. The van der Waals surface area contributed by atoms with E-state index in [1.807, 2.05) is 0 Å². The molecule has 21 heavy (non-hydrogen) atoms. The van der Waals surface area contributed by atoms with Gasteiger partial charge in [-0.3, -0.25) is 14.6 Å². The van der Waals surface area contributed by atoms with Gasteiger partial charge in [0.2, 0.25) is 0 Å². The Kier molecular flexibility index (Phi) is 7.43. The molecule has 0 bridgehead atoms. The highest BCUT2D eigenvalue weighted by atomic mass is 16.5. The van der Waals surface area contributed by atoms with Gasteiger partial charge in [-0.15, -0.1) is 0 Å². The number of unbranched alkanes of at least 4 members (excludes halogenated alkanes) is 2. The number of carbonyl (C=O) groups is 2. The van der Waals surface area contributed by atoms with Crippen molar-refractivity contribution in [2.45, 2.75) is 33.1 Å². The van der Waals surface area contributed by atoms with Crippen molar-refractivity contribution in [3.05, 3.63) is 30.1 Å². The van der Waals surface area contributed by atoms with Gasteiger partial charge in [0.1, 0.15) is 0 Å². The lowest BCUT2D eigenvalue weighted by molar-refractivity contribution is -0.145. The lowest BCUT2D eigenvalue weighted by Gasteiger charge is -2.25. The summed E-state index contributed by atoms with van der Waals surface area (Å²) in [6.07, 6.45) is 6.26. The molecule has 1 heterocycles. The molecule has 0 fully saturated rings. The molecule has 0 saturated heterocycles. The minimum atomic E-state index is -0.336. The Morgan fingerprint density at radius 2 is 2.14 bits per heavy atom. The third-order valence-corrected chi connectivity index (χ3v) is 3.33. The summed E-state index contributed by atoms with van der Waals surface area (Å²) in [7, 11) is 1.36. The fourth-order valence-electron chi connectivity index (χ4n) is 2.11. The SMILES string of the molecule is CCCCCN(CC(C)C(=O)OC)C(=O)c1cccnc1. The highest BCUT2D eigenvalue weighted by molar-refractivity contribution is 5.94. The third kappa shape index (κ3) is 5.53. The van der Waals surface area contributed by atoms with Crippen molar-refractivity contribution in [1.29, 1.82) is 0 Å². The van der Waals surface area contributed by atoms with Crippen LogP contribution in [0.2, 0.25) is 0 Å². The number of nitrogens with zero attached hydrogens (tertiary/aromatic N) is 2. The molecule has 0 aliphatic carbocycles. The Bertz CT molecular complexity index is 448. The lowest BCUT2D eigenvalue weighted by Crippen LogP contribution is -2.38. The summed E-state index contributed by atoms with van der Waals surface area (Å²) in [5.41, 5.74) is 0.547.